The summed E-state index contributed by atoms with van der Waals surface area (Å²) in [6.45, 7) is 6.49. The Morgan fingerprint density at radius 1 is 0.455 bits per heavy atom. The largest absolute Gasteiger partial charge is 0.269 e. The van der Waals surface area contributed by atoms with Gasteiger partial charge in [0.25, 0.3) is 11.8 Å². The summed E-state index contributed by atoms with van der Waals surface area (Å²) in [7, 11) is 0. The number of fused-ring (bicyclic) bond motifs is 1. The second-order valence-corrected chi connectivity index (χ2v) is 16.3. The van der Waals surface area contributed by atoms with Gasteiger partial charge in [-0.1, -0.05) is 235 Å². The first-order valence-electron chi connectivity index (χ1n) is 23.2. The molecule has 0 saturated carbocycles. The summed E-state index contributed by atoms with van der Waals surface area (Å²) in [4.78, 5) is 28.7. The fourth-order valence-corrected chi connectivity index (χ4v) is 7.88. The molecule has 3 rings (SSSR count). The predicted octanol–water partition coefficient (Wildman–Crippen LogP) is 15.5. The highest BCUT2D eigenvalue weighted by Gasteiger charge is 2.39. The monoisotopic (exact) mass is 748 g/mol. The smallest absolute Gasteiger partial charge is 0.262 e. The van der Waals surface area contributed by atoms with E-state index >= 15 is 0 Å². The third-order valence-electron chi connectivity index (χ3n) is 11.5. The Morgan fingerprint density at radius 3 is 1.09 bits per heavy atom. The molecule has 2 amide bonds. The van der Waals surface area contributed by atoms with Crippen LogP contribution in [-0.2, 0) is 0 Å². The second kappa shape index (κ2) is 29.9. The van der Waals surface area contributed by atoms with Crippen LogP contribution in [0.5, 0.6) is 0 Å². The zero-order valence-electron chi connectivity index (χ0n) is 35.6. The summed E-state index contributed by atoms with van der Waals surface area (Å²) in [5, 5.41) is 0. The van der Waals surface area contributed by atoms with Crippen LogP contribution in [0.4, 0.5) is 0 Å². The summed E-state index contributed by atoms with van der Waals surface area (Å²) in [6, 6.07) is 13.1. The molecule has 2 aromatic carbocycles. The van der Waals surface area contributed by atoms with Crippen LogP contribution in [0.3, 0.4) is 0 Å². The highest BCUT2D eigenvalue weighted by Crippen LogP contribution is 2.33. The van der Waals surface area contributed by atoms with Crippen molar-refractivity contribution >= 4 is 11.8 Å². The van der Waals surface area contributed by atoms with Crippen molar-refractivity contribution in [3.05, 3.63) is 70.3 Å². The van der Waals surface area contributed by atoms with Gasteiger partial charge in [-0.2, -0.15) is 0 Å². The van der Waals surface area contributed by atoms with Crippen LogP contribution in [0.15, 0.2) is 42.5 Å². The fourth-order valence-electron chi connectivity index (χ4n) is 7.88. The standard InChI is InChI=1S/C52H77NO2/c1-4-6-8-10-12-14-16-18-20-22-24-26-28-30-32-35-41-47-43-49-50(52(55)53(51(49)54)45(3)46-39-37-34-38-40-46)44-48(47)42-36-33-31-29-27-25-23-21-19-17-15-13-11-9-7-5-2/h34,37-40,43-45H,4-33H2,1-3H3/t45-/m0/s1. The zero-order chi connectivity index (χ0) is 39.2. The van der Waals surface area contributed by atoms with E-state index in [9.17, 15) is 9.59 Å². The van der Waals surface area contributed by atoms with Gasteiger partial charge in [0.05, 0.1) is 17.2 Å². The average Bonchev–Trinajstić information content (AvgIpc) is 3.44. The molecule has 0 fully saturated rings. The molecular formula is C52H77NO2. The topological polar surface area (TPSA) is 37.4 Å². The Morgan fingerprint density at radius 2 is 0.764 bits per heavy atom. The summed E-state index contributed by atoms with van der Waals surface area (Å²) in [5.74, 6) is 13.0. The van der Waals surface area contributed by atoms with Crippen LogP contribution in [-0.4, -0.2) is 16.7 Å². The van der Waals surface area contributed by atoms with Crippen LogP contribution < -0.4 is 0 Å². The molecular weight excluding hydrogens is 671 g/mol. The SMILES string of the molecule is CCCCCCCCCCCCCCCCC#Cc1cc2c(cc1C#CCCCCCCCCCCCCCCCC)C(=O)N([C@@H](C)c1ccccc1)C2=O. The Kier molecular flexibility index (Phi) is 25.1. The maximum absolute atomic E-state index is 13.6. The first-order chi connectivity index (χ1) is 27.1. The van der Waals surface area contributed by atoms with Gasteiger partial charge in [0.15, 0.2) is 0 Å². The lowest BCUT2D eigenvalue weighted by atomic mass is 9.99. The van der Waals surface area contributed by atoms with E-state index in [-0.39, 0.29) is 17.9 Å². The molecule has 0 spiro atoms. The van der Waals surface area contributed by atoms with Gasteiger partial charge in [-0.3, -0.25) is 14.5 Å². The van der Waals surface area contributed by atoms with E-state index in [4.69, 9.17) is 0 Å². The van der Waals surface area contributed by atoms with Gasteiger partial charge in [0.2, 0.25) is 0 Å². The van der Waals surface area contributed by atoms with Gasteiger partial charge in [0.1, 0.15) is 0 Å². The van der Waals surface area contributed by atoms with Gasteiger partial charge in [-0.15, -0.1) is 0 Å². The number of benzene rings is 2. The van der Waals surface area contributed by atoms with Crippen molar-refractivity contribution in [1.82, 2.24) is 4.90 Å². The molecule has 1 aliphatic heterocycles. The average molecular weight is 748 g/mol. The molecule has 0 bridgehead atoms. The van der Waals surface area contributed by atoms with Crippen molar-refractivity contribution in [1.29, 1.82) is 0 Å². The lowest BCUT2D eigenvalue weighted by Crippen LogP contribution is -2.32. The minimum Gasteiger partial charge on any atom is -0.269 e. The predicted molar refractivity (Wildman–Crippen MR) is 235 cm³/mol. The highest BCUT2D eigenvalue weighted by molar-refractivity contribution is 6.22. The number of hydrogen-bond acceptors (Lipinski definition) is 2. The molecule has 0 aliphatic carbocycles. The van der Waals surface area contributed by atoms with E-state index in [0.717, 1.165) is 42.4 Å². The minimum atomic E-state index is -0.349. The molecule has 55 heavy (non-hydrogen) atoms. The van der Waals surface area contributed by atoms with Crippen LogP contribution >= 0.6 is 0 Å². The van der Waals surface area contributed by atoms with Crippen molar-refractivity contribution in [2.24, 2.45) is 0 Å². The molecule has 0 unspecified atom stereocenters. The van der Waals surface area contributed by atoms with Crippen LogP contribution in [0.1, 0.15) is 257 Å². The van der Waals surface area contributed by atoms with E-state index in [0.29, 0.717) is 11.1 Å². The maximum Gasteiger partial charge on any atom is 0.262 e. The number of carbonyl (C=O) groups excluding carboxylic acids is 2. The van der Waals surface area contributed by atoms with Crippen molar-refractivity contribution in [2.45, 2.75) is 219 Å². The van der Waals surface area contributed by atoms with E-state index < -0.39 is 0 Å². The van der Waals surface area contributed by atoms with Crippen molar-refractivity contribution < 1.29 is 9.59 Å². The molecule has 0 radical (unpaired) electrons. The summed E-state index contributed by atoms with van der Waals surface area (Å²) < 4.78 is 0. The number of amides is 2. The maximum atomic E-state index is 13.6. The van der Waals surface area contributed by atoms with Crippen molar-refractivity contribution in [2.75, 3.05) is 0 Å². The van der Waals surface area contributed by atoms with Gasteiger partial charge >= 0.3 is 0 Å². The molecule has 302 valence electrons. The summed E-state index contributed by atoms with van der Waals surface area (Å²) in [6.07, 6.45) is 39.3. The zero-order valence-corrected chi connectivity index (χ0v) is 35.6. The lowest BCUT2D eigenvalue weighted by Gasteiger charge is -2.22. The first kappa shape index (κ1) is 46.1. The highest BCUT2D eigenvalue weighted by atomic mass is 16.2. The quantitative estimate of drug-likeness (QED) is 0.0453. The number of imide groups is 1. The number of nitrogens with zero attached hydrogens (tertiary/aromatic N) is 1. The normalized spacial score (nSPS) is 12.7. The van der Waals surface area contributed by atoms with E-state index in [1.54, 1.807) is 0 Å². The van der Waals surface area contributed by atoms with Gasteiger partial charge in [0, 0.05) is 24.0 Å². The van der Waals surface area contributed by atoms with Gasteiger partial charge < -0.3 is 0 Å². The summed E-state index contributed by atoms with van der Waals surface area (Å²) in [5.41, 5.74) is 3.39. The molecule has 0 N–H and O–H groups in total. The van der Waals surface area contributed by atoms with Gasteiger partial charge in [-0.05, 0) is 37.5 Å². The van der Waals surface area contributed by atoms with E-state index in [2.05, 4.69) is 37.5 Å². The van der Waals surface area contributed by atoms with Crippen molar-refractivity contribution in [3.8, 4) is 23.7 Å². The Hall–Kier alpha value is -3.30. The van der Waals surface area contributed by atoms with Crippen LogP contribution in [0.25, 0.3) is 0 Å². The molecule has 0 aromatic heterocycles. The Bertz CT molecular complexity index is 1380. The minimum absolute atomic E-state index is 0.242. The van der Waals surface area contributed by atoms with Crippen LogP contribution in [0, 0.1) is 23.7 Å². The number of unbranched alkanes of at least 4 members (excludes halogenated alkanes) is 28. The molecule has 3 heteroatoms. The third-order valence-corrected chi connectivity index (χ3v) is 11.5. The third kappa shape index (κ3) is 18.5. The fraction of sp³-hybridized carbons (Fsp3) is 0.654. The van der Waals surface area contributed by atoms with Crippen LogP contribution in [0.2, 0.25) is 0 Å². The van der Waals surface area contributed by atoms with E-state index in [1.165, 1.54) is 172 Å². The number of hydrogen-bond donors (Lipinski definition) is 0. The van der Waals surface area contributed by atoms with Crippen molar-refractivity contribution in [3.63, 3.8) is 0 Å². The van der Waals surface area contributed by atoms with E-state index in [1.807, 2.05) is 49.4 Å². The molecule has 3 nitrogen and oxygen atoms in total. The molecule has 1 aliphatic rings. The Balaban J connectivity index is 1.46. The molecule has 1 atom stereocenters. The molecule has 1 heterocycles. The number of rotatable bonds is 30. The molecule has 2 aromatic rings. The first-order valence-corrected chi connectivity index (χ1v) is 23.2. The number of carbonyl (C=O) groups is 2. The Labute approximate surface area is 338 Å². The lowest BCUT2D eigenvalue weighted by molar-refractivity contribution is 0.0595. The molecule has 0 saturated heterocycles. The second-order valence-electron chi connectivity index (χ2n) is 16.3. The summed E-state index contributed by atoms with van der Waals surface area (Å²) >= 11 is 0. The van der Waals surface area contributed by atoms with Gasteiger partial charge in [-0.25, -0.2) is 0 Å².